The summed E-state index contributed by atoms with van der Waals surface area (Å²) in [6.07, 6.45) is -4.67. The van der Waals surface area contributed by atoms with E-state index in [1.54, 1.807) is 23.6 Å². The van der Waals surface area contributed by atoms with Gasteiger partial charge in [0, 0.05) is 0 Å². The Morgan fingerprint density at radius 2 is 1.76 bits per heavy atom. The Hall–Kier alpha value is -2.76. The monoisotopic (exact) mass is 453 g/mol. The third kappa shape index (κ3) is 3.11. The minimum Gasteiger partial charge on any atom is -0.332 e. The molecule has 0 amide bonds. The van der Waals surface area contributed by atoms with Crippen LogP contribution in [0.4, 0.5) is 13.2 Å². The Morgan fingerprint density at radius 3 is 2.41 bits per heavy atom. The summed E-state index contributed by atoms with van der Waals surface area (Å²) >= 11 is 9.02. The van der Waals surface area contributed by atoms with Crippen LogP contribution in [-0.4, -0.2) is 24.7 Å². The highest BCUT2D eigenvalue weighted by Gasteiger charge is 2.36. The van der Waals surface area contributed by atoms with Gasteiger partial charge < -0.3 is 4.52 Å². The van der Waals surface area contributed by atoms with E-state index < -0.39 is 11.9 Å². The third-order valence-electron chi connectivity index (χ3n) is 3.97. The number of halogens is 4. The van der Waals surface area contributed by atoms with Crippen molar-refractivity contribution >= 4 is 39.9 Å². The molecule has 5 aromatic heterocycles. The summed E-state index contributed by atoms with van der Waals surface area (Å²) in [6.45, 7) is 0. The van der Waals surface area contributed by atoms with Crippen LogP contribution in [0.25, 0.3) is 38.5 Å². The van der Waals surface area contributed by atoms with Gasteiger partial charge in [-0.25, -0.2) is 9.50 Å². The predicted molar refractivity (Wildman–Crippen MR) is 103 cm³/mol. The van der Waals surface area contributed by atoms with Gasteiger partial charge in [0.05, 0.1) is 15.4 Å². The first kappa shape index (κ1) is 18.3. The average Bonchev–Trinajstić information content (AvgIpc) is 3.46. The van der Waals surface area contributed by atoms with Crippen LogP contribution in [0.5, 0.6) is 0 Å². The number of hydrogen-bond donors (Lipinski definition) is 0. The summed E-state index contributed by atoms with van der Waals surface area (Å²) in [5, 5.41) is 11.3. The van der Waals surface area contributed by atoms with Crippen molar-refractivity contribution < 1.29 is 17.7 Å². The standard InChI is InChI=1S/C17H7ClF3N5OS2/c18-12-13(16-23-14(25-27-16)10-4-2-6-29-10)24-26-11(17(19,20)21)7-8(22-15(12)26)9-3-1-5-28-9/h1-7H. The lowest BCUT2D eigenvalue weighted by Crippen LogP contribution is -2.13. The second-order valence-electron chi connectivity index (χ2n) is 5.80. The second kappa shape index (κ2) is 6.65. The highest BCUT2D eigenvalue weighted by molar-refractivity contribution is 7.13. The molecule has 0 aliphatic heterocycles. The molecule has 0 aromatic carbocycles. The van der Waals surface area contributed by atoms with Crippen LogP contribution < -0.4 is 0 Å². The van der Waals surface area contributed by atoms with Gasteiger partial charge in [-0.15, -0.1) is 22.7 Å². The van der Waals surface area contributed by atoms with Crippen LogP contribution in [-0.2, 0) is 6.18 Å². The molecule has 0 saturated carbocycles. The van der Waals surface area contributed by atoms with E-state index in [1.807, 2.05) is 11.4 Å². The van der Waals surface area contributed by atoms with E-state index >= 15 is 0 Å². The quantitative estimate of drug-likeness (QED) is 0.340. The van der Waals surface area contributed by atoms with E-state index in [4.69, 9.17) is 16.1 Å². The van der Waals surface area contributed by atoms with Crippen molar-refractivity contribution in [3.8, 4) is 32.9 Å². The predicted octanol–water partition coefficient (Wildman–Crippen LogP) is 5.91. The Balaban J connectivity index is 1.72. The van der Waals surface area contributed by atoms with Crippen molar-refractivity contribution in [2.24, 2.45) is 0 Å². The fraction of sp³-hybridized carbons (Fsp3) is 0.0588. The van der Waals surface area contributed by atoms with Crippen LogP contribution in [0.15, 0.2) is 45.6 Å². The molecule has 0 saturated heterocycles. The maximum absolute atomic E-state index is 13.7. The maximum atomic E-state index is 13.7. The lowest BCUT2D eigenvalue weighted by atomic mass is 10.2. The molecule has 5 heterocycles. The molecule has 0 atom stereocenters. The summed E-state index contributed by atoms with van der Waals surface area (Å²) in [5.74, 6) is 0.209. The highest BCUT2D eigenvalue weighted by atomic mass is 35.5. The van der Waals surface area contributed by atoms with Crippen molar-refractivity contribution in [2.45, 2.75) is 6.18 Å². The molecule has 0 fully saturated rings. The van der Waals surface area contributed by atoms with Crippen LogP contribution >= 0.6 is 34.3 Å². The van der Waals surface area contributed by atoms with Crippen LogP contribution in [0.3, 0.4) is 0 Å². The fourth-order valence-electron chi connectivity index (χ4n) is 2.71. The van der Waals surface area contributed by atoms with Gasteiger partial charge in [-0.05, 0) is 29.0 Å². The van der Waals surface area contributed by atoms with Gasteiger partial charge in [0.1, 0.15) is 5.02 Å². The molecule has 29 heavy (non-hydrogen) atoms. The van der Waals surface area contributed by atoms with Gasteiger partial charge >= 0.3 is 6.18 Å². The average molecular weight is 454 g/mol. The molecule has 0 radical (unpaired) electrons. The summed E-state index contributed by atoms with van der Waals surface area (Å²) in [5.41, 5.74) is -1.06. The summed E-state index contributed by atoms with van der Waals surface area (Å²) in [6, 6.07) is 7.96. The topological polar surface area (TPSA) is 69.1 Å². The van der Waals surface area contributed by atoms with Crippen molar-refractivity contribution in [1.82, 2.24) is 24.7 Å². The first-order valence-electron chi connectivity index (χ1n) is 8.00. The number of nitrogens with zero attached hydrogens (tertiary/aromatic N) is 5. The molecule has 0 aliphatic rings. The molecular weight excluding hydrogens is 447 g/mol. The van der Waals surface area contributed by atoms with E-state index in [1.165, 1.54) is 22.7 Å². The zero-order chi connectivity index (χ0) is 20.2. The Kier molecular flexibility index (Phi) is 4.19. The second-order valence-corrected chi connectivity index (χ2v) is 8.07. The van der Waals surface area contributed by atoms with Crippen LogP contribution in [0.1, 0.15) is 5.69 Å². The Bertz CT molecular complexity index is 1310. The summed E-state index contributed by atoms with van der Waals surface area (Å²) in [7, 11) is 0. The number of alkyl halides is 3. The lowest BCUT2D eigenvalue weighted by molar-refractivity contribution is -0.142. The van der Waals surface area contributed by atoms with Gasteiger partial charge in [0.2, 0.25) is 5.82 Å². The zero-order valence-corrected chi connectivity index (χ0v) is 16.4. The molecule has 0 N–H and O–H groups in total. The molecule has 5 rings (SSSR count). The molecule has 0 unspecified atom stereocenters. The van der Waals surface area contributed by atoms with E-state index in [0.29, 0.717) is 15.2 Å². The maximum Gasteiger partial charge on any atom is 0.433 e. The van der Waals surface area contributed by atoms with E-state index in [9.17, 15) is 13.2 Å². The highest BCUT2D eigenvalue weighted by Crippen LogP contribution is 2.37. The molecule has 6 nitrogen and oxygen atoms in total. The molecule has 0 spiro atoms. The van der Waals surface area contributed by atoms with Gasteiger partial charge in [-0.2, -0.15) is 23.3 Å². The molecule has 5 aromatic rings. The third-order valence-corrected chi connectivity index (χ3v) is 6.07. The number of aromatic nitrogens is 5. The zero-order valence-electron chi connectivity index (χ0n) is 14.0. The minimum absolute atomic E-state index is 0.0664. The lowest BCUT2D eigenvalue weighted by Gasteiger charge is -2.10. The molecular formula is C17H7ClF3N5OS2. The number of hydrogen-bond acceptors (Lipinski definition) is 7. The number of rotatable bonds is 3. The molecule has 12 heteroatoms. The molecule has 0 aliphatic carbocycles. The van der Waals surface area contributed by atoms with Gasteiger partial charge in [-0.3, -0.25) is 0 Å². The van der Waals surface area contributed by atoms with E-state index in [2.05, 4.69) is 20.2 Å². The van der Waals surface area contributed by atoms with Crippen molar-refractivity contribution in [3.63, 3.8) is 0 Å². The van der Waals surface area contributed by atoms with Crippen molar-refractivity contribution in [1.29, 1.82) is 0 Å². The summed E-state index contributed by atoms with van der Waals surface area (Å²) < 4.78 is 46.9. The Labute approximate surface area is 173 Å². The first-order valence-corrected chi connectivity index (χ1v) is 10.1. The number of fused-ring (bicyclic) bond motifs is 1. The Morgan fingerprint density at radius 1 is 1.03 bits per heavy atom. The van der Waals surface area contributed by atoms with Gasteiger partial charge in [0.25, 0.3) is 5.89 Å². The number of thiophene rings is 2. The van der Waals surface area contributed by atoms with E-state index in [0.717, 1.165) is 10.9 Å². The molecule has 0 bridgehead atoms. The molecule has 146 valence electrons. The van der Waals surface area contributed by atoms with Gasteiger partial charge in [-0.1, -0.05) is 28.9 Å². The smallest absolute Gasteiger partial charge is 0.332 e. The minimum atomic E-state index is -4.67. The SMILES string of the molecule is FC(F)(F)c1cc(-c2cccs2)nc2c(Cl)c(-c3nc(-c4cccs4)no3)nn12. The summed E-state index contributed by atoms with van der Waals surface area (Å²) in [4.78, 5) is 9.82. The largest absolute Gasteiger partial charge is 0.433 e. The van der Waals surface area contributed by atoms with E-state index in [-0.39, 0.29) is 27.9 Å². The van der Waals surface area contributed by atoms with Gasteiger partial charge in [0.15, 0.2) is 17.0 Å². The van der Waals surface area contributed by atoms with Crippen LogP contribution in [0.2, 0.25) is 5.02 Å². The fourth-order valence-corrected chi connectivity index (χ4v) is 4.28. The van der Waals surface area contributed by atoms with Crippen molar-refractivity contribution in [2.75, 3.05) is 0 Å². The van der Waals surface area contributed by atoms with Crippen molar-refractivity contribution in [3.05, 3.63) is 51.8 Å². The normalized spacial score (nSPS) is 12.1. The first-order chi connectivity index (χ1) is 13.9. The van der Waals surface area contributed by atoms with Crippen LogP contribution in [0, 0.1) is 0 Å².